The zero-order valence-corrected chi connectivity index (χ0v) is 15.5. The molecular formula is C20H20FN3O4. The van der Waals surface area contributed by atoms with Crippen molar-refractivity contribution in [3.05, 3.63) is 53.8 Å². The van der Waals surface area contributed by atoms with Crippen LogP contribution >= 0.6 is 0 Å². The molecule has 1 saturated heterocycles. The molecule has 146 valence electrons. The summed E-state index contributed by atoms with van der Waals surface area (Å²) in [7, 11) is 3.25. The molecule has 2 aliphatic heterocycles. The molecule has 2 unspecified atom stereocenters. The highest BCUT2D eigenvalue weighted by atomic mass is 19.1. The average Bonchev–Trinajstić information content (AvgIpc) is 3.08. The molecule has 0 radical (unpaired) electrons. The van der Waals surface area contributed by atoms with Crippen molar-refractivity contribution >= 4 is 17.6 Å². The van der Waals surface area contributed by atoms with Crippen molar-refractivity contribution in [2.75, 3.05) is 32.6 Å². The first-order valence-electron chi connectivity index (χ1n) is 8.89. The van der Waals surface area contributed by atoms with Crippen LogP contribution in [-0.2, 0) is 0 Å². The van der Waals surface area contributed by atoms with Gasteiger partial charge in [-0.05, 0) is 36.4 Å². The zero-order chi connectivity index (χ0) is 19.8. The molecule has 2 atom stereocenters. The molecule has 1 N–H and O–H groups in total. The number of carbonyl (C=O) groups excluding carboxylic acids is 2. The third kappa shape index (κ3) is 3.21. The summed E-state index contributed by atoms with van der Waals surface area (Å²) < 4.78 is 24.6. The van der Waals surface area contributed by atoms with Gasteiger partial charge in [0.25, 0.3) is 5.91 Å². The summed E-state index contributed by atoms with van der Waals surface area (Å²) in [6, 6.07) is 10.3. The second-order valence-corrected chi connectivity index (χ2v) is 6.84. The highest BCUT2D eigenvalue weighted by Gasteiger charge is 2.43. The number of carbonyl (C=O) groups is 2. The Morgan fingerprint density at radius 2 is 1.96 bits per heavy atom. The smallest absolute Gasteiger partial charge is 0.322 e. The predicted octanol–water partition coefficient (Wildman–Crippen LogP) is 2.58. The van der Waals surface area contributed by atoms with Crippen LogP contribution < -0.4 is 14.8 Å². The van der Waals surface area contributed by atoms with Gasteiger partial charge >= 0.3 is 6.03 Å². The Balaban J connectivity index is 1.50. The number of likely N-dealkylation sites (N-methyl/N-ethyl adjacent to an activating group) is 1. The largest absolute Gasteiger partial charge is 0.497 e. The van der Waals surface area contributed by atoms with Crippen LogP contribution in [0.2, 0.25) is 0 Å². The molecule has 4 rings (SSSR count). The Hall–Kier alpha value is -3.29. The molecule has 0 spiro atoms. The van der Waals surface area contributed by atoms with Crippen LogP contribution in [0.1, 0.15) is 10.4 Å². The molecule has 0 aliphatic carbocycles. The maximum atomic E-state index is 13.6. The molecule has 8 heteroatoms. The molecule has 2 aromatic rings. The standard InChI is InChI=1S/C20H20FN3O4/c1-23-16-10-24(20(26)22-13-4-6-14(27-2)7-5-13)11-18(16)28-17-9-12(21)3-8-15(17)19(23)25/h3-9,16,18H,10-11H2,1-2H3,(H,22,26). The molecule has 0 bridgehead atoms. The Kier molecular flexibility index (Phi) is 4.54. The number of fused-ring (bicyclic) bond motifs is 2. The lowest BCUT2D eigenvalue weighted by Crippen LogP contribution is -2.44. The number of anilines is 1. The summed E-state index contributed by atoms with van der Waals surface area (Å²) in [6.45, 7) is 0.617. The van der Waals surface area contributed by atoms with Gasteiger partial charge in [0.15, 0.2) is 0 Å². The van der Waals surface area contributed by atoms with E-state index in [9.17, 15) is 14.0 Å². The fourth-order valence-electron chi connectivity index (χ4n) is 3.56. The Bertz CT molecular complexity index is 918. The summed E-state index contributed by atoms with van der Waals surface area (Å²) in [5.41, 5.74) is 0.961. The summed E-state index contributed by atoms with van der Waals surface area (Å²) in [6.07, 6.45) is -0.432. The van der Waals surface area contributed by atoms with E-state index in [1.807, 2.05) is 0 Å². The van der Waals surface area contributed by atoms with Crippen LogP contribution in [0.5, 0.6) is 11.5 Å². The number of rotatable bonds is 2. The topological polar surface area (TPSA) is 71.1 Å². The lowest BCUT2D eigenvalue weighted by atomic mass is 10.1. The first-order chi connectivity index (χ1) is 13.5. The maximum Gasteiger partial charge on any atom is 0.322 e. The molecule has 2 aromatic carbocycles. The van der Waals surface area contributed by atoms with Crippen LogP contribution in [0.15, 0.2) is 42.5 Å². The highest BCUT2D eigenvalue weighted by molar-refractivity contribution is 5.97. The molecule has 3 amide bonds. The molecule has 0 aromatic heterocycles. The minimum Gasteiger partial charge on any atom is -0.497 e. The summed E-state index contributed by atoms with van der Waals surface area (Å²) in [5, 5.41) is 2.83. The number of halogens is 1. The fraction of sp³-hybridized carbons (Fsp3) is 0.300. The van der Waals surface area contributed by atoms with Crippen LogP contribution in [0.4, 0.5) is 14.9 Å². The first-order valence-corrected chi connectivity index (χ1v) is 8.89. The fourth-order valence-corrected chi connectivity index (χ4v) is 3.56. The zero-order valence-electron chi connectivity index (χ0n) is 15.5. The third-order valence-corrected chi connectivity index (χ3v) is 5.14. The van der Waals surface area contributed by atoms with Crippen LogP contribution in [0, 0.1) is 5.82 Å². The number of hydrogen-bond acceptors (Lipinski definition) is 4. The quantitative estimate of drug-likeness (QED) is 0.863. The van der Waals surface area contributed by atoms with Crippen molar-refractivity contribution in [1.29, 1.82) is 0 Å². The van der Waals surface area contributed by atoms with E-state index in [0.29, 0.717) is 30.1 Å². The average molecular weight is 385 g/mol. The monoisotopic (exact) mass is 385 g/mol. The number of methoxy groups -OCH3 is 1. The number of ether oxygens (including phenoxy) is 2. The minimum absolute atomic E-state index is 0.210. The Morgan fingerprint density at radius 1 is 1.21 bits per heavy atom. The van der Waals surface area contributed by atoms with Crippen molar-refractivity contribution in [3.8, 4) is 11.5 Å². The summed E-state index contributed by atoms with van der Waals surface area (Å²) in [5.74, 6) is 0.183. The van der Waals surface area contributed by atoms with Crippen molar-refractivity contribution < 1.29 is 23.5 Å². The van der Waals surface area contributed by atoms with Gasteiger partial charge in [-0.15, -0.1) is 0 Å². The van der Waals surface area contributed by atoms with Crippen LogP contribution in [-0.4, -0.2) is 61.1 Å². The van der Waals surface area contributed by atoms with E-state index in [1.165, 1.54) is 18.2 Å². The van der Waals surface area contributed by atoms with Gasteiger partial charge in [0.05, 0.1) is 25.3 Å². The number of hydrogen-bond donors (Lipinski definition) is 1. The molecule has 28 heavy (non-hydrogen) atoms. The SMILES string of the molecule is COc1ccc(NC(=O)N2CC3Oc4cc(F)ccc4C(=O)N(C)C3C2)cc1. The van der Waals surface area contributed by atoms with Gasteiger partial charge in [-0.1, -0.05) is 0 Å². The van der Waals surface area contributed by atoms with Gasteiger partial charge < -0.3 is 24.6 Å². The number of amides is 3. The van der Waals surface area contributed by atoms with Crippen molar-refractivity contribution in [3.63, 3.8) is 0 Å². The second-order valence-electron chi connectivity index (χ2n) is 6.84. The van der Waals surface area contributed by atoms with E-state index in [1.54, 1.807) is 48.2 Å². The molecule has 1 fully saturated rings. The van der Waals surface area contributed by atoms with Gasteiger partial charge in [-0.2, -0.15) is 0 Å². The number of nitrogens with one attached hydrogen (secondary N) is 1. The lowest BCUT2D eigenvalue weighted by molar-refractivity contribution is 0.0682. The first kappa shape index (κ1) is 18.1. The molecule has 2 heterocycles. The van der Waals surface area contributed by atoms with E-state index >= 15 is 0 Å². The Labute approximate surface area is 161 Å². The van der Waals surface area contributed by atoms with E-state index in [-0.39, 0.29) is 23.7 Å². The Morgan fingerprint density at radius 3 is 2.68 bits per heavy atom. The van der Waals surface area contributed by atoms with Gasteiger partial charge in [0.1, 0.15) is 23.4 Å². The van der Waals surface area contributed by atoms with Crippen molar-refractivity contribution in [1.82, 2.24) is 9.80 Å². The molecule has 2 aliphatic rings. The van der Waals surface area contributed by atoms with E-state index in [2.05, 4.69) is 5.32 Å². The van der Waals surface area contributed by atoms with Gasteiger partial charge in [-0.3, -0.25) is 4.79 Å². The highest BCUT2D eigenvalue weighted by Crippen LogP contribution is 2.31. The minimum atomic E-state index is -0.472. The summed E-state index contributed by atoms with van der Waals surface area (Å²) in [4.78, 5) is 28.5. The number of likely N-dealkylation sites (tertiary alicyclic amines) is 1. The molecular weight excluding hydrogens is 365 g/mol. The van der Waals surface area contributed by atoms with E-state index in [4.69, 9.17) is 9.47 Å². The number of benzene rings is 2. The molecule has 7 nitrogen and oxygen atoms in total. The lowest BCUT2D eigenvalue weighted by Gasteiger charge is -2.25. The normalized spacial score (nSPS) is 20.8. The van der Waals surface area contributed by atoms with Crippen LogP contribution in [0.25, 0.3) is 0 Å². The maximum absolute atomic E-state index is 13.6. The van der Waals surface area contributed by atoms with Crippen molar-refractivity contribution in [2.45, 2.75) is 12.1 Å². The van der Waals surface area contributed by atoms with Crippen molar-refractivity contribution in [2.24, 2.45) is 0 Å². The van der Waals surface area contributed by atoms with Crippen LogP contribution in [0.3, 0.4) is 0 Å². The molecule has 0 saturated carbocycles. The van der Waals surface area contributed by atoms with E-state index in [0.717, 1.165) is 0 Å². The summed E-state index contributed by atoms with van der Waals surface area (Å²) >= 11 is 0. The van der Waals surface area contributed by atoms with Gasteiger partial charge in [0.2, 0.25) is 0 Å². The predicted molar refractivity (Wildman–Crippen MR) is 100 cm³/mol. The third-order valence-electron chi connectivity index (χ3n) is 5.14. The number of nitrogens with zero attached hydrogens (tertiary/aromatic N) is 2. The number of urea groups is 1. The van der Waals surface area contributed by atoms with Gasteiger partial charge in [0, 0.05) is 25.3 Å². The van der Waals surface area contributed by atoms with Gasteiger partial charge in [-0.25, -0.2) is 9.18 Å². The second kappa shape index (κ2) is 7.03. The van der Waals surface area contributed by atoms with E-state index < -0.39 is 11.9 Å².